The summed E-state index contributed by atoms with van der Waals surface area (Å²) in [7, 11) is 4.49. The summed E-state index contributed by atoms with van der Waals surface area (Å²) in [4.78, 5) is 12.2. The van der Waals surface area contributed by atoms with Crippen LogP contribution in [-0.2, 0) is 11.8 Å². The standard InChI is InChI=1S/C14H16F2N4O2.ClH/c1-17-12(8-6-18-20(2)7-8)14(21)19-9-4-10(15)13(22-3)11(16)5-9;/h4-7,12,17H,1-3H3,(H,19,21);1H. The van der Waals surface area contributed by atoms with Crippen molar-refractivity contribution in [3.05, 3.63) is 41.7 Å². The highest BCUT2D eigenvalue weighted by atomic mass is 35.5. The van der Waals surface area contributed by atoms with Crippen LogP contribution in [0.2, 0.25) is 0 Å². The number of carbonyl (C=O) groups excluding carboxylic acids is 1. The smallest absolute Gasteiger partial charge is 0.246 e. The Morgan fingerprint density at radius 1 is 1.35 bits per heavy atom. The zero-order valence-electron chi connectivity index (χ0n) is 12.8. The summed E-state index contributed by atoms with van der Waals surface area (Å²) in [5.74, 6) is -2.73. The molecule has 2 aromatic rings. The van der Waals surface area contributed by atoms with Crippen LogP contribution >= 0.6 is 12.4 Å². The van der Waals surface area contributed by atoms with Crippen LogP contribution in [0.5, 0.6) is 5.75 Å². The number of anilines is 1. The van der Waals surface area contributed by atoms with Crippen molar-refractivity contribution in [3.8, 4) is 5.75 Å². The van der Waals surface area contributed by atoms with Gasteiger partial charge in [-0.2, -0.15) is 5.10 Å². The number of aryl methyl sites for hydroxylation is 1. The van der Waals surface area contributed by atoms with Crippen LogP contribution in [-0.4, -0.2) is 29.8 Å². The molecule has 0 aliphatic carbocycles. The molecular formula is C14H17ClF2N4O2. The maximum Gasteiger partial charge on any atom is 0.246 e. The highest BCUT2D eigenvalue weighted by Crippen LogP contribution is 2.26. The maximum atomic E-state index is 13.6. The van der Waals surface area contributed by atoms with E-state index in [4.69, 9.17) is 0 Å². The lowest BCUT2D eigenvalue weighted by Gasteiger charge is -2.15. The first kappa shape index (κ1) is 18.9. The summed E-state index contributed by atoms with van der Waals surface area (Å²) in [5.41, 5.74) is 0.641. The van der Waals surface area contributed by atoms with Gasteiger partial charge in [0.2, 0.25) is 5.91 Å². The molecule has 0 bridgehead atoms. The summed E-state index contributed by atoms with van der Waals surface area (Å²) in [6.45, 7) is 0. The van der Waals surface area contributed by atoms with Gasteiger partial charge in [0.05, 0.1) is 13.3 Å². The van der Waals surface area contributed by atoms with E-state index in [0.717, 1.165) is 12.1 Å². The molecule has 0 fully saturated rings. The highest BCUT2D eigenvalue weighted by Gasteiger charge is 2.21. The van der Waals surface area contributed by atoms with Gasteiger partial charge >= 0.3 is 0 Å². The molecule has 126 valence electrons. The average molecular weight is 347 g/mol. The van der Waals surface area contributed by atoms with E-state index in [1.54, 1.807) is 25.0 Å². The topological polar surface area (TPSA) is 68.2 Å². The molecular weight excluding hydrogens is 330 g/mol. The molecule has 0 aliphatic rings. The van der Waals surface area contributed by atoms with E-state index in [1.165, 1.54) is 13.3 Å². The number of methoxy groups -OCH3 is 1. The second kappa shape index (κ2) is 7.89. The Bertz CT molecular complexity index is 670. The third-order valence-corrected chi connectivity index (χ3v) is 3.08. The number of carbonyl (C=O) groups is 1. The lowest BCUT2D eigenvalue weighted by atomic mass is 10.1. The minimum absolute atomic E-state index is 0. The van der Waals surface area contributed by atoms with Crippen LogP contribution in [0, 0.1) is 11.6 Å². The molecule has 1 unspecified atom stereocenters. The number of hydrogen-bond acceptors (Lipinski definition) is 4. The SMILES string of the molecule is CNC(C(=O)Nc1cc(F)c(OC)c(F)c1)c1cnn(C)c1.Cl. The van der Waals surface area contributed by atoms with Gasteiger partial charge in [0.25, 0.3) is 0 Å². The van der Waals surface area contributed by atoms with Crippen LogP contribution in [0.3, 0.4) is 0 Å². The predicted octanol–water partition coefficient (Wildman–Crippen LogP) is 2.03. The van der Waals surface area contributed by atoms with Crippen LogP contribution in [0.15, 0.2) is 24.5 Å². The zero-order chi connectivity index (χ0) is 16.3. The Morgan fingerprint density at radius 3 is 2.39 bits per heavy atom. The number of benzene rings is 1. The van der Waals surface area contributed by atoms with E-state index in [0.29, 0.717) is 5.56 Å². The van der Waals surface area contributed by atoms with Gasteiger partial charge in [-0.25, -0.2) is 8.78 Å². The van der Waals surface area contributed by atoms with E-state index in [-0.39, 0.29) is 18.1 Å². The highest BCUT2D eigenvalue weighted by molar-refractivity contribution is 5.95. The van der Waals surface area contributed by atoms with E-state index < -0.39 is 29.3 Å². The molecule has 1 aromatic carbocycles. The van der Waals surface area contributed by atoms with Crippen molar-refractivity contribution in [2.75, 3.05) is 19.5 Å². The lowest BCUT2D eigenvalue weighted by Crippen LogP contribution is -2.30. The van der Waals surface area contributed by atoms with E-state index in [2.05, 4.69) is 20.5 Å². The molecule has 2 rings (SSSR count). The van der Waals surface area contributed by atoms with Gasteiger partial charge < -0.3 is 15.4 Å². The molecule has 1 heterocycles. The van der Waals surface area contributed by atoms with Gasteiger partial charge in [0.1, 0.15) is 6.04 Å². The Morgan fingerprint density at radius 2 is 1.96 bits per heavy atom. The van der Waals surface area contributed by atoms with Crippen LogP contribution in [0.4, 0.5) is 14.5 Å². The van der Waals surface area contributed by atoms with Gasteiger partial charge in [-0.15, -0.1) is 12.4 Å². The van der Waals surface area contributed by atoms with Gasteiger partial charge in [0, 0.05) is 36.6 Å². The lowest BCUT2D eigenvalue weighted by molar-refractivity contribution is -0.118. The number of hydrogen-bond donors (Lipinski definition) is 2. The molecule has 0 saturated heterocycles. The number of aromatic nitrogens is 2. The Balaban J connectivity index is 0.00000264. The van der Waals surface area contributed by atoms with E-state index in [9.17, 15) is 13.6 Å². The molecule has 1 atom stereocenters. The summed E-state index contributed by atoms with van der Waals surface area (Å²) in [6.07, 6.45) is 3.21. The number of nitrogens with zero attached hydrogens (tertiary/aromatic N) is 2. The third-order valence-electron chi connectivity index (χ3n) is 3.08. The molecule has 0 saturated carbocycles. The first-order valence-corrected chi connectivity index (χ1v) is 6.46. The second-order valence-corrected chi connectivity index (χ2v) is 4.63. The second-order valence-electron chi connectivity index (χ2n) is 4.63. The summed E-state index contributed by atoms with van der Waals surface area (Å²) in [6, 6.07) is 1.30. The summed E-state index contributed by atoms with van der Waals surface area (Å²) < 4.78 is 33.4. The molecule has 9 heteroatoms. The molecule has 6 nitrogen and oxygen atoms in total. The molecule has 0 radical (unpaired) electrons. The Labute approximate surface area is 138 Å². The molecule has 1 aromatic heterocycles. The fraction of sp³-hybridized carbons (Fsp3) is 0.286. The van der Waals surface area contributed by atoms with Crippen molar-refractivity contribution in [1.82, 2.24) is 15.1 Å². The largest absolute Gasteiger partial charge is 0.491 e. The van der Waals surface area contributed by atoms with Gasteiger partial charge in [-0.3, -0.25) is 9.48 Å². The third kappa shape index (κ3) is 4.17. The first-order valence-electron chi connectivity index (χ1n) is 6.46. The summed E-state index contributed by atoms with van der Waals surface area (Å²) in [5, 5.41) is 9.27. The zero-order valence-corrected chi connectivity index (χ0v) is 13.6. The number of rotatable bonds is 5. The number of ether oxygens (including phenoxy) is 1. The van der Waals surface area contributed by atoms with Crippen LogP contribution in [0.25, 0.3) is 0 Å². The first-order chi connectivity index (χ1) is 10.5. The minimum Gasteiger partial charge on any atom is -0.491 e. The molecule has 0 aliphatic heterocycles. The Hall–Kier alpha value is -2.19. The fourth-order valence-corrected chi connectivity index (χ4v) is 2.08. The van der Waals surface area contributed by atoms with Crippen molar-refractivity contribution in [1.29, 1.82) is 0 Å². The van der Waals surface area contributed by atoms with Crippen molar-refractivity contribution in [2.24, 2.45) is 7.05 Å². The fourth-order valence-electron chi connectivity index (χ4n) is 2.08. The van der Waals surface area contributed by atoms with Crippen molar-refractivity contribution >= 4 is 24.0 Å². The van der Waals surface area contributed by atoms with Gasteiger partial charge in [0.15, 0.2) is 17.4 Å². The quantitative estimate of drug-likeness (QED) is 0.869. The number of amides is 1. The van der Waals surface area contributed by atoms with Crippen LogP contribution < -0.4 is 15.4 Å². The predicted molar refractivity (Wildman–Crippen MR) is 83.8 cm³/mol. The van der Waals surface area contributed by atoms with Crippen molar-refractivity contribution in [2.45, 2.75) is 6.04 Å². The molecule has 1 amide bonds. The normalized spacial score (nSPS) is 11.5. The van der Waals surface area contributed by atoms with E-state index >= 15 is 0 Å². The van der Waals surface area contributed by atoms with Gasteiger partial charge in [-0.05, 0) is 7.05 Å². The number of likely N-dealkylation sites (N-methyl/N-ethyl adjacent to an activating group) is 1. The maximum absolute atomic E-state index is 13.6. The number of halogens is 3. The van der Waals surface area contributed by atoms with Crippen molar-refractivity contribution < 1.29 is 18.3 Å². The molecule has 2 N–H and O–H groups in total. The van der Waals surface area contributed by atoms with Crippen LogP contribution in [0.1, 0.15) is 11.6 Å². The summed E-state index contributed by atoms with van der Waals surface area (Å²) >= 11 is 0. The molecule has 0 spiro atoms. The van der Waals surface area contributed by atoms with Crippen molar-refractivity contribution in [3.63, 3.8) is 0 Å². The van der Waals surface area contributed by atoms with Gasteiger partial charge in [-0.1, -0.05) is 0 Å². The van der Waals surface area contributed by atoms with E-state index in [1.807, 2.05) is 0 Å². The minimum atomic E-state index is -0.889. The average Bonchev–Trinajstić information content (AvgIpc) is 2.85. The monoisotopic (exact) mass is 346 g/mol. The Kier molecular flexibility index (Phi) is 6.47. The molecule has 23 heavy (non-hydrogen) atoms. The number of nitrogens with one attached hydrogen (secondary N) is 2.